The predicted molar refractivity (Wildman–Crippen MR) is 84.6 cm³/mol. The van der Waals surface area contributed by atoms with Crippen LogP contribution in [0.3, 0.4) is 0 Å². The zero-order valence-electron chi connectivity index (χ0n) is 12.7. The molecule has 2 heterocycles. The van der Waals surface area contributed by atoms with Crippen LogP contribution in [0.15, 0.2) is 10.8 Å². The molecule has 2 aromatic heterocycles. The number of ether oxygens (including phenoxy) is 3. The van der Waals surface area contributed by atoms with E-state index in [-0.39, 0.29) is 24.6 Å². The van der Waals surface area contributed by atoms with Gasteiger partial charge in [0.1, 0.15) is 10.0 Å². The van der Waals surface area contributed by atoms with Gasteiger partial charge in [0.15, 0.2) is 11.4 Å². The molecule has 0 fully saturated rings. The summed E-state index contributed by atoms with van der Waals surface area (Å²) < 4.78 is 15.2. The third-order valence-electron chi connectivity index (χ3n) is 2.52. The fourth-order valence-corrected chi connectivity index (χ4v) is 2.98. The van der Waals surface area contributed by atoms with Crippen LogP contribution >= 0.6 is 22.7 Å². The standard InChI is InChI=1S/C14H16N2O5S2/c1-3-20-13(17)9-7-22-11(15-9)5-19-6-12-16-10(8-23-12)14(18)21-4-2/h7-8H,3-6H2,1-2H3. The number of nitrogens with zero attached hydrogens (tertiary/aromatic N) is 2. The maximum atomic E-state index is 11.5. The second-order valence-electron chi connectivity index (χ2n) is 4.19. The van der Waals surface area contributed by atoms with Crippen LogP contribution in [0.2, 0.25) is 0 Å². The highest BCUT2D eigenvalue weighted by atomic mass is 32.1. The van der Waals surface area contributed by atoms with Crippen LogP contribution in [0, 0.1) is 0 Å². The summed E-state index contributed by atoms with van der Waals surface area (Å²) in [6.45, 7) is 4.64. The first-order valence-electron chi connectivity index (χ1n) is 6.94. The van der Waals surface area contributed by atoms with Crippen LogP contribution in [0.4, 0.5) is 0 Å². The van der Waals surface area contributed by atoms with E-state index in [4.69, 9.17) is 14.2 Å². The Balaban J connectivity index is 1.81. The molecule has 0 aliphatic carbocycles. The minimum absolute atomic E-state index is 0.262. The third kappa shape index (κ3) is 5.08. The summed E-state index contributed by atoms with van der Waals surface area (Å²) in [5, 5.41) is 4.63. The van der Waals surface area contributed by atoms with Crippen molar-refractivity contribution in [2.45, 2.75) is 27.1 Å². The molecule has 9 heteroatoms. The Kier molecular flexibility index (Phi) is 6.63. The van der Waals surface area contributed by atoms with Gasteiger partial charge in [0.2, 0.25) is 0 Å². The predicted octanol–water partition coefficient (Wildman–Crippen LogP) is 2.67. The zero-order valence-corrected chi connectivity index (χ0v) is 14.4. The highest BCUT2D eigenvalue weighted by Crippen LogP contribution is 2.15. The average Bonchev–Trinajstić information content (AvgIpc) is 3.17. The summed E-state index contributed by atoms with van der Waals surface area (Å²) >= 11 is 2.66. The highest BCUT2D eigenvalue weighted by Gasteiger charge is 2.13. The van der Waals surface area contributed by atoms with Gasteiger partial charge in [0.25, 0.3) is 0 Å². The summed E-state index contributed by atoms with van der Waals surface area (Å²) in [5.74, 6) is -0.872. The lowest BCUT2D eigenvalue weighted by atomic mass is 10.5. The Hall–Kier alpha value is -1.84. The molecule has 0 spiro atoms. The number of carbonyl (C=O) groups excluding carboxylic acids is 2. The van der Waals surface area contributed by atoms with E-state index in [0.29, 0.717) is 23.2 Å². The van der Waals surface area contributed by atoms with E-state index in [1.54, 1.807) is 24.6 Å². The van der Waals surface area contributed by atoms with Gasteiger partial charge in [0, 0.05) is 10.8 Å². The third-order valence-corrected chi connectivity index (χ3v) is 4.17. The molecular formula is C14H16N2O5S2. The molecule has 0 aliphatic rings. The molecule has 124 valence electrons. The lowest BCUT2D eigenvalue weighted by Gasteiger charge is -1.99. The van der Waals surface area contributed by atoms with E-state index >= 15 is 0 Å². The maximum Gasteiger partial charge on any atom is 0.357 e. The Morgan fingerprint density at radius 2 is 1.35 bits per heavy atom. The molecule has 0 saturated heterocycles. The molecule has 2 rings (SSSR count). The maximum absolute atomic E-state index is 11.5. The van der Waals surface area contributed by atoms with Crippen LogP contribution < -0.4 is 0 Å². The molecule has 0 N–H and O–H groups in total. The zero-order chi connectivity index (χ0) is 16.7. The van der Waals surface area contributed by atoms with E-state index in [2.05, 4.69) is 9.97 Å². The van der Waals surface area contributed by atoms with Gasteiger partial charge < -0.3 is 14.2 Å². The van der Waals surface area contributed by atoms with E-state index in [1.807, 2.05) is 0 Å². The van der Waals surface area contributed by atoms with E-state index < -0.39 is 11.9 Å². The number of thiazole rings is 2. The summed E-state index contributed by atoms with van der Waals surface area (Å²) in [4.78, 5) is 31.3. The molecular weight excluding hydrogens is 340 g/mol. The van der Waals surface area contributed by atoms with Crippen molar-refractivity contribution < 1.29 is 23.8 Å². The molecule has 0 aromatic carbocycles. The Morgan fingerprint density at radius 3 is 1.74 bits per heavy atom. The summed E-state index contributed by atoms with van der Waals surface area (Å²) in [6.07, 6.45) is 0. The van der Waals surface area contributed by atoms with Crippen molar-refractivity contribution in [3.8, 4) is 0 Å². The van der Waals surface area contributed by atoms with Gasteiger partial charge in [-0.15, -0.1) is 22.7 Å². The average molecular weight is 356 g/mol. The van der Waals surface area contributed by atoms with Crippen molar-refractivity contribution in [3.05, 3.63) is 32.2 Å². The van der Waals surface area contributed by atoms with Gasteiger partial charge in [-0.2, -0.15) is 0 Å². The molecule has 0 amide bonds. The minimum Gasteiger partial charge on any atom is -0.461 e. The second-order valence-corrected chi connectivity index (χ2v) is 6.07. The van der Waals surface area contributed by atoms with Crippen LogP contribution in [-0.4, -0.2) is 35.1 Å². The second kappa shape index (κ2) is 8.70. The molecule has 0 atom stereocenters. The first kappa shape index (κ1) is 17.5. The number of hydrogen-bond acceptors (Lipinski definition) is 9. The van der Waals surface area contributed by atoms with Gasteiger partial charge in [0.05, 0.1) is 26.4 Å². The number of aromatic nitrogens is 2. The van der Waals surface area contributed by atoms with Crippen molar-refractivity contribution in [2.24, 2.45) is 0 Å². The van der Waals surface area contributed by atoms with Crippen molar-refractivity contribution >= 4 is 34.6 Å². The van der Waals surface area contributed by atoms with Crippen LogP contribution in [0.5, 0.6) is 0 Å². The SMILES string of the molecule is CCOC(=O)c1csc(COCc2nc(C(=O)OCC)cs2)n1. The monoisotopic (exact) mass is 356 g/mol. The normalized spacial score (nSPS) is 10.5. The van der Waals surface area contributed by atoms with Crippen molar-refractivity contribution in [2.75, 3.05) is 13.2 Å². The molecule has 0 saturated carbocycles. The molecule has 0 bridgehead atoms. The fourth-order valence-electron chi connectivity index (χ4n) is 1.58. The van der Waals surface area contributed by atoms with Gasteiger partial charge in [-0.1, -0.05) is 0 Å². The van der Waals surface area contributed by atoms with E-state index in [0.717, 1.165) is 0 Å². The van der Waals surface area contributed by atoms with Crippen molar-refractivity contribution in [1.29, 1.82) is 0 Å². The van der Waals surface area contributed by atoms with E-state index in [9.17, 15) is 9.59 Å². The first-order valence-corrected chi connectivity index (χ1v) is 8.70. The first-order chi connectivity index (χ1) is 11.1. The lowest BCUT2D eigenvalue weighted by molar-refractivity contribution is 0.0511. The Bertz CT molecular complexity index is 611. The summed E-state index contributed by atoms with van der Waals surface area (Å²) in [5.41, 5.74) is 0.573. The molecule has 0 radical (unpaired) electrons. The molecule has 23 heavy (non-hydrogen) atoms. The Morgan fingerprint density at radius 1 is 0.913 bits per heavy atom. The largest absolute Gasteiger partial charge is 0.461 e. The smallest absolute Gasteiger partial charge is 0.357 e. The molecule has 7 nitrogen and oxygen atoms in total. The van der Waals surface area contributed by atoms with Crippen LogP contribution in [-0.2, 0) is 27.4 Å². The lowest BCUT2D eigenvalue weighted by Crippen LogP contribution is -2.05. The molecule has 0 unspecified atom stereocenters. The van der Waals surface area contributed by atoms with E-state index in [1.165, 1.54) is 22.7 Å². The Labute approximate surface area is 141 Å². The quantitative estimate of drug-likeness (QED) is 0.672. The van der Waals surface area contributed by atoms with Crippen molar-refractivity contribution in [1.82, 2.24) is 9.97 Å². The van der Waals surface area contributed by atoms with Gasteiger partial charge >= 0.3 is 11.9 Å². The topological polar surface area (TPSA) is 87.6 Å². The van der Waals surface area contributed by atoms with Gasteiger partial charge in [-0.25, -0.2) is 19.6 Å². The molecule has 2 aromatic rings. The number of hydrogen-bond donors (Lipinski definition) is 0. The van der Waals surface area contributed by atoms with Gasteiger partial charge in [-0.3, -0.25) is 0 Å². The van der Waals surface area contributed by atoms with Crippen LogP contribution in [0.25, 0.3) is 0 Å². The van der Waals surface area contributed by atoms with Crippen molar-refractivity contribution in [3.63, 3.8) is 0 Å². The highest BCUT2D eigenvalue weighted by molar-refractivity contribution is 7.10. The number of carbonyl (C=O) groups is 2. The van der Waals surface area contributed by atoms with Gasteiger partial charge in [-0.05, 0) is 13.8 Å². The number of esters is 2. The molecule has 0 aliphatic heterocycles. The summed E-state index contributed by atoms with van der Waals surface area (Å²) in [6, 6.07) is 0. The minimum atomic E-state index is -0.436. The summed E-state index contributed by atoms with van der Waals surface area (Å²) in [7, 11) is 0. The fraction of sp³-hybridized carbons (Fsp3) is 0.429. The van der Waals surface area contributed by atoms with Crippen LogP contribution in [0.1, 0.15) is 44.8 Å². The number of rotatable bonds is 8.